The van der Waals surface area contributed by atoms with Gasteiger partial charge in [0.05, 0.1) is 20.3 Å². The van der Waals surface area contributed by atoms with E-state index in [0.717, 1.165) is 25.7 Å². The summed E-state index contributed by atoms with van der Waals surface area (Å²) in [7, 11) is 3.12. The van der Waals surface area contributed by atoms with Crippen LogP contribution < -0.4 is 14.8 Å². The smallest absolute Gasteiger partial charge is 0.341 e. The molecule has 28 heavy (non-hydrogen) atoms. The predicted molar refractivity (Wildman–Crippen MR) is 105 cm³/mol. The Morgan fingerprint density at radius 1 is 1.11 bits per heavy atom. The van der Waals surface area contributed by atoms with Gasteiger partial charge in [-0.05, 0) is 50.8 Å². The highest BCUT2D eigenvalue weighted by Crippen LogP contribution is 2.36. The van der Waals surface area contributed by atoms with Gasteiger partial charge in [0, 0.05) is 11.3 Å². The van der Waals surface area contributed by atoms with Gasteiger partial charge in [-0.1, -0.05) is 12.8 Å². The summed E-state index contributed by atoms with van der Waals surface area (Å²) in [6, 6.07) is 4.19. The molecule has 7 nitrogen and oxygen atoms in total. The molecule has 1 aliphatic heterocycles. The van der Waals surface area contributed by atoms with Crippen molar-refractivity contribution in [2.24, 2.45) is 10.9 Å². The average molecular weight is 388 g/mol. The van der Waals surface area contributed by atoms with E-state index in [2.05, 4.69) is 10.3 Å². The Hall–Kier alpha value is -2.57. The standard InChI is InChI=1S/C21H28N2O5/c1-13-18(20(24)28-14-8-6-4-5-7-9-14)19(23-21(25)22-13)16-12-15(26-2)10-11-17(16)27-3/h10-12,14,18-19H,4-9H2,1-3H3,(H,23,25). The van der Waals surface area contributed by atoms with Crippen LogP contribution in [-0.2, 0) is 9.53 Å². The van der Waals surface area contributed by atoms with Gasteiger partial charge in [-0.3, -0.25) is 4.79 Å². The molecule has 1 heterocycles. The zero-order valence-electron chi connectivity index (χ0n) is 16.7. The second-order valence-corrected chi connectivity index (χ2v) is 7.32. The summed E-state index contributed by atoms with van der Waals surface area (Å²) in [5, 5.41) is 2.81. The van der Waals surface area contributed by atoms with Crippen molar-refractivity contribution < 1.29 is 23.8 Å². The molecule has 2 unspecified atom stereocenters. The van der Waals surface area contributed by atoms with Crippen molar-refractivity contribution in [1.82, 2.24) is 5.32 Å². The van der Waals surface area contributed by atoms with Gasteiger partial charge in [-0.2, -0.15) is 0 Å². The Kier molecular flexibility index (Phi) is 6.54. The Labute approximate surface area is 165 Å². The number of carbonyl (C=O) groups is 2. The second kappa shape index (κ2) is 9.08. The van der Waals surface area contributed by atoms with Crippen LogP contribution in [0.4, 0.5) is 4.79 Å². The molecule has 0 aromatic heterocycles. The SMILES string of the molecule is COc1ccc(OC)c(C2NC(=O)N=C(C)C2C(=O)OC2CCCCCC2)c1. The van der Waals surface area contributed by atoms with Crippen LogP contribution in [0.15, 0.2) is 23.2 Å². The molecule has 0 spiro atoms. The number of esters is 1. The van der Waals surface area contributed by atoms with Gasteiger partial charge in [0.1, 0.15) is 23.5 Å². The minimum Gasteiger partial charge on any atom is -0.497 e. The fraction of sp³-hybridized carbons (Fsp3) is 0.571. The van der Waals surface area contributed by atoms with Crippen LogP contribution in [0.5, 0.6) is 11.5 Å². The van der Waals surface area contributed by atoms with Crippen molar-refractivity contribution in [3.63, 3.8) is 0 Å². The van der Waals surface area contributed by atoms with Crippen LogP contribution in [-0.4, -0.2) is 38.0 Å². The molecule has 0 bridgehead atoms. The predicted octanol–water partition coefficient (Wildman–Crippen LogP) is 3.81. The number of rotatable bonds is 5. The summed E-state index contributed by atoms with van der Waals surface area (Å²) in [6.45, 7) is 1.69. The Balaban J connectivity index is 1.91. The van der Waals surface area contributed by atoms with E-state index in [0.29, 0.717) is 22.8 Å². The van der Waals surface area contributed by atoms with Crippen LogP contribution in [0.3, 0.4) is 0 Å². The van der Waals surface area contributed by atoms with E-state index >= 15 is 0 Å². The molecule has 1 aromatic carbocycles. The molecule has 1 aromatic rings. The van der Waals surface area contributed by atoms with Crippen LogP contribution >= 0.6 is 0 Å². The zero-order chi connectivity index (χ0) is 20.1. The number of amides is 2. The number of benzene rings is 1. The van der Waals surface area contributed by atoms with E-state index in [1.807, 2.05) is 0 Å². The van der Waals surface area contributed by atoms with Crippen LogP contribution in [0.1, 0.15) is 57.1 Å². The van der Waals surface area contributed by atoms with Crippen molar-refractivity contribution in [2.45, 2.75) is 57.6 Å². The molecule has 2 atom stereocenters. The topological polar surface area (TPSA) is 86.2 Å². The van der Waals surface area contributed by atoms with Gasteiger partial charge < -0.3 is 19.5 Å². The molecule has 2 aliphatic rings. The molecule has 1 fully saturated rings. The first-order valence-electron chi connectivity index (χ1n) is 9.81. The highest BCUT2D eigenvalue weighted by atomic mass is 16.5. The van der Waals surface area contributed by atoms with Gasteiger partial charge in [0.2, 0.25) is 0 Å². The second-order valence-electron chi connectivity index (χ2n) is 7.32. The first kappa shape index (κ1) is 20.2. The van der Waals surface area contributed by atoms with Crippen molar-refractivity contribution in [1.29, 1.82) is 0 Å². The molecule has 3 rings (SSSR count). The molecule has 152 valence electrons. The lowest BCUT2D eigenvalue weighted by atomic mass is 9.87. The van der Waals surface area contributed by atoms with E-state index < -0.39 is 18.0 Å². The number of hydrogen-bond donors (Lipinski definition) is 1. The minimum atomic E-state index is -0.707. The van der Waals surface area contributed by atoms with E-state index in [1.54, 1.807) is 39.3 Å². The third-order valence-electron chi connectivity index (χ3n) is 5.45. The monoisotopic (exact) mass is 388 g/mol. The maximum Gasteiger partial charge on any atom is 0.341 e. The number of ether oxygens (including phenoxy) is 3. The number of urea groups is 1. The zero-order valence-corrected chi connectivity index (χ0v) is 16.7. The van der Waals surface area contributed by atoms with Gasteiger partial charge in [-0.15, -0.1) is 0 Å². The highest BCUT2D eigenvalue weighted by Gasteiger charge is 2.40. The fourth-order valence-corrected chi connectivity index (χ4v) is 3.96. The molecule has 0 radical (unpaired) electrons. The molecular weight excluding hydrogens is 360 g/mol. The number of nitrogens with one attached hydrogen (secondary N) is 1. The van der Waals surface area contributed by atoms with Crippen LogP contribution in [0, 0.1) is 5.92 Å². The van der Waals surface area contributed by atoms with Crippen molar-refractivity contribution in [3.8, 4) is 11.5 Å². The minimum absolute atomic E-state index is 0.0757. The number of nitrogens with zero attached hydrogens (tertiary/aromatic N) is 1. The van der Waals surface area contributed by atoms with Gasteiger partial charge in [-0.25, -0.2) is 9.79 Å². The molecule has 7 heteroatoms. The van der Waals surface area contributed by atoms with Gasteiger partial charge >= 0.3 is 12.0 Å². The molecule has 0 saturated heterocycles. The Morgan fingerprint density at radius 2 is 1.82 bits per heavy atom. The Morgan fingerprint density at radius 3 is 2.46 bits per heavy atom. The van der Waals surface area contributed by atoms with Crippen LogP contribution in [0.2, 0.25) is 0 Å². The first-order chi connectivity index (χ1) is 13.5. The molecule has 1 aliphatic carbocycles. The third-order valence-corrected chi connectivity index (χ3v) is 5.45. The van der Waals surface area contributed by atoms with Crippen molar-refractivity contribution in [2.75, 3.05) is 14.2 Å². The quantitative estimate of drug-likeness (QED) is 0.612. The normalized spacial score (nSPS) is 23.2. The van der Waals surface area contributed by atoms with E-state index in [9.17, 15) is 9.59 Å². The summed E-state index contributed by atoms with van der Waals surface area (Å²) in [5.74, 6) is 0.110. The van der Waals surface area contributed by atoms with Gasteiger partial charge in [0.15, 0.2) is 0 Å². The van der Waals surface area contributed by atoms with E-state index in [4.69, 9.17) is 14.2 Å². The molecular formula is C21H28N2O5. The summed E-state index contributed by atoms with van der Waals surface area (Å²) in [5.41, 5.74) is 1.10. The number of carbonyl (C=O) groups excluding carboxylic acids is 2. The molecule has 1 N–H and O–H groups in total. The lowest BCUT2D eigenvalue weighted by Gasteiger charge is -2.31. The largest absolute Gasteiger partial charge is 0.497 e. The Bertz CT molecular complexity index is 753. The number of aliphatic imine (C=N–C) groups is 1. The lowest BCUT2D eigenvalue weighted by molar-refractivity contribution is -0.153. The number of methoxy groups -OCH3 is 2. The van der Waals surface area contributed by atoms with Gasteiger partial charge in [0.25, 0.3) is 0 Å². The van der Waals surface area contributed by atoms with E-state index in [-0.39, 0.29) is 12.1 Å². The summed E-state index contributed by atoms with van der Waals surface area (Å²) >= 11 is 0. The summed E-state index contributed by atoms with van der Waals surface area (Å²) < 4.78 is 16.6. The van der Waals surface area contributed by atoms with Crippen molar-refractivity contribution in [3.05, 3.63) is 23.8 Å². The maximum absolute atomic E-state index is 13.1. The third kappa shape index (κ3) is 4.46. The van der Waals surface area contributed by atoms with Crippen molar-refractivity contribution >= 4 is 17.7 Å². The van der Waals surface area contributed by atoms with E-state index in [1.165, 1.54) is 12.8 Å². The first-order valence-corrected chi connectivity index (χ1v) is 9.81. The fourth-order valence-electron chi connectivity index (χ4n) is 3.96. The molecule has 1 saturated carbocycles. The lowest BCUT2D eigenvalue weighted by Crippen LogP contribution is -2.45. The maximum atomic E-state index is 13.1. The average Bonchev–Trinajstić information content (AvgIpc) is 2.95. The summed E-state index contributed by atoms with van der Waals surface area (Å²) in [6.07, 6.45) is 6.18. The molecule has 2 amide bonds. The number of hydrogen-bond acceptors (Lipinski definition) is 5. The highest BCUT2D eigenvalue weighted by molar-refractivity contribution is 6.08. The summed E-state index contributed by atoms with van der Waals surface area (Å²) in [4.78, 5) is 29.2. The van der Waals surface area contributed by atoms with Crippen LogP contribution in [0.25, 0.3) is 0 Å².